The number of aliphatic hydroxyl groups is 1. The number of aromatic nitrogens is 2. The lowest BCUT2D eigenvalue weighted by Crippen LogP contribution is -2.23. The molecule has 0 saturated heterocycles. The zero-order valence-corrected chi connectivity index (χ0v) is 18.9. The Hall–Kier alpha value is -3.43. The number of fused-ring (bicyclic) bond motifs is 1. The molecule has 34 heavy (non-hydrogen) atoms. The number of hydrogen-bond acceptors (Lipinski definition) is 4. The highest BCUT2D eigenvalue weighted by Gasteiger charge is 2.46. The number of imidazole rings is 1. The first-order chi connectivity index (χ1) is 16.0. The average molecular weight is 487 g/mol. The fourth-order valence-corrected chi connectivity index (χ4v) is 4.40. The summed E-state index contributed by atoms with van der Waals surface area (Å²) in [5, 5.41) is 9.79. The number of benzene rings is 3. The molecule has 0 aliphatic rings. The summed E-state index contributed by atoms with van der Waals surface area (Å²) in [6.07, 6.45) is 3.36. The van der Waals surface area contributed by atoms with Crippen LogP contribution >= 0.6 is 0 Å². The number of nitrogens with zero attached hydrogens (tertiary/aromatic N) is 1. The first kappa shape index (κ1) is 23.7. The molecule has 3 aromatic carbocycles. The average Bonchev–Trinajstić information content (AvgIpc) is 3.19. The van der Waals surface area contributed by atoms with E-state index < -0.39 is 26.3 Å². The Morgan fingerprint density at radius 2 is 1.74 bits per heavy atom. The van der Waals surface area contributed by atoms with Crippen LogP contribution in [0, 0.1) is 0 Å². The van der Waals surface area contributed by atoms with Gasteiger partial charge in [0.1, 0.15) is 5.82 Å². The van der Waals surface area contributed by atoms with Crippen LogP contribution in [0.5, 0.6) is 0 Å². The molecule has 0 fully saturated rings. The van der Waals surface area contributed by atoms with Crippen molar-refractivity contribution in [2.45, 2.75) is 29.9 Å². The lowest BCUT2D eigenvalue weighted by Gasteiger charge is -2.11. The molecule has 0 aliphatic carbocycles. The highest BCUT2D eigenvalue weighted by Crippen LogP contribution is 2.31. The van der Waals surface area contributed by atoms with Gasteiger partial charge in [0.25, 0.3) is 9.84 Å². The second kappa shape index (κ2) is 9.08. The molecule has 4 rings (SSSR count). The van der Waals surface area contributed by atoms with Crippen molar-refractivity contribution in [3.63, 3.8) is 0 Å². The van der Waals surface area contributed by atoms with Crippen molar-refractivity contribution < 1.29 is 26.7 Å². The molecule has 0 spiro atoms. The van der Waals surface area contributed by atoms with Crippen LogP contribution in [0.3, 0.4) is 0 Å². The van der Waals surface area contributed by atoms with Gasteiger partial charge in [0.2, 0.25) is 0 Å². The Balaban J connectivity index is 1.58. The first-order valence-corrected chi connectivity index (χ1v) is 11.9. The molecule has 0 bridgehead atoms. The normalized spacial score (nSPS) is 13.6. The highest BCUT2D eigenvalue weighted by molar-refractivity contribution is 7.92. The predicted octanol–water partition coefficient (Wildman–Crippen LogP) is 5.62. The zero-order valence-electron chi connectivity index (χ0n) is 18.0. The van der Waals surface area contributed by atoms with Gasteiger partial charge >= 0.3 is 5.51 Å². The van der Waals surface area contributed by atoms with Crippen molar-refractivity contribution >= 4 is 33.0 Å². The molecule has 5 nitrogen and oxygen atoms in total. The minimum absolute atomic E-state index is 0.463. The summed E-state index contributed by atoms with van der Waals surface area (Å²) < 4.78 is 61.0. The van der Waals surface area contributed by atoms with Crippen LogP contribution in [-0.2, 0) is 16.3 Å². The first-order valence-electron chi connectivity index (χ1n) is 10.4. The molecule has 0 radical (unpaired) electrons. The van der Waals surface area contributed by atoms with Gasteiger partial charge in [-0.05, 0) is 65.9 Å². The number of aromatic amines is 1. The molecule has 2 N–H and O–H groups in total. The number of alkyl halides is 3. The Morgan fingerprint density at radius 1 is 1.03 bits per heavy atom. The molecule has 1 unspecified atom stereocenters. The van der Waals surface area contributed by atoms with Crippen molar-refractivity contribution in [2.24, 2.45) is 0 Å². The summed E-state index contributed by atoms with van der Waals surface area (Å²) in [7, 11) is -5.37. The maximum atomic E-state index is 12.7. The van der Waals surface area contributed by atoms with Crippen LogP contribution in [0.4, 0.5) is 13.2 Å². The third kappa shape index (κ3) is 4.90. The summed E-state index contributed by atoms with van der Waals surface area (Å²) in [4.78, 5) is 6.92. The van der Waals surface area contributed by atoms with E-state index in [0.29, 0.717) is 17.8 Å². The second-order valence-corrected chi connectivity index (χ2v) is 9.86. The topological polar surface area (TPSA) is 83.0 Å². The van der Waals surface area contributed by atoms with Crippen molar-refractivity contribution in [1.29, 1.82) is 0 Å². The molecule has 0 aliphatic heterocycles. The van der Waals surface area contributed by atoms with E-state index in [1.807, 2.05) is 42.5 Å². The number of hydrogen-bond donors (Lipinski definition) is 2. The lowest BCUT2D eigenvalue weighted by molar-refractivity contribution is -0.0436. The largest absolute Gasteiger partial charge is 0.501 e. The van der Waals surface area contributed by atoms with E-state index in [9.17, 15) is 26.7 Å². The van der Waals surface area contributed by atoms with Gasteiger partial charge < -0.3 is 10.1 Å². The molecule has 176 valence electrons. The second-order valence-electron chi connectivity index (χ2n) is 7.92. The Bertz CT molecular complexity index is 1460. The molecule has 1 atom stereocenters. The molecule has 0 saturated carbocycles. The van der Waals surface area contributed by atoms with Crippen LogP contribution in [0.2, 0.25) is 0 Å². The summed E-state index contributed by atoms with van der Waals surface area (Å²) in [5.74, 6) is 0.538. The zero-order chi connectivity index (χ0) is 24.5. The molecule has 9 heteroatoms. The maximum absolute atomic E-state index is 12.7. The van der Waals surface area contributed by atoms with E-state index in [2.05, 4.69) is 9.97 Å². The minimum Gasteiger partial charge on any atom is -0.393 e. The molecule has 0 amide bonds. The number of halogens is 3. The summed E-state index contributed by atoms with van der Waals surface area (Å²) in [5.41, 5.74) is -0.267. The van der Waals surface area contributed by atoms with E-state index in [-0.39, 0.29) is 0 Å². The number of nitrogens with one attached hydrogen (secondary N) is 1. The van der Waals surface area contributed by atoms with Crippen molar-refractivity contribution in [2.75, 3.05) is 0 Å². The van der Waals surface area contributed by atoms with Crippen LogP contribution in [0.1, 0.15) is 23.9 Å². The van der Waals surface area contributed by atoms with Crippen molar-refractivity contribution in [3.8, 4) is 11.1 Å². The van der Waals surface area contributed by atoms with Gasteiger partial charge in [0.15, 0.2) is 0 Å². The van der Waals surface area contributed by atoms with Gasteiger partial charge in [0, 0.05) is 0 Å². The minimum atomic E-state index is -5.37. The lowest BCUT2D eigenvalue weighted by atomic mass is 9.96. The maximum Gasteiger partial charge on any atom is 0.501 e. The van der Waals surface area contributed by atoms with Gasteiger partial charge in [-0.25, -0.2) is 13.4 Å². The van der Waals surface area contributed by atoms with Crippen LogP contribution < -0.4 is 0 Å². The molecule has 1 aromatic heterocycles. The van der Waals surface area contributed by atoms with Crippen LogP contribution in [0.25, 0.3) is 34.3 Å². The molecular formula is C25H21F3N2O3S. The van der Waals surface area contributed by atoms with E-state index in [4.69, 9.17) is 0 Å². The van der Waals surface area contributed by atoms with Gasteiger partial charge in [0.05, 0.1) is 22.0 Å². The summed E-state index contributed by atoms with van der Waals surface area (Å²) in [6, 6.07) is 18.1. The van der Waals surface area contributed by atoms with E-state index in [1.54, 1.807) is 19.1 Å². The van der Waals surface area contributed by atoms with Gasteiger partial charge in [-0.3, -0.25) is 0 Å². The quantitative estimate of drug-likeness (QED) is 0.371. The smallest absolute Gasteiger partial charge is 0.393 e. The van der Waals surface area contributed by atoms with Gasteiger partial charge in [-0.15, -0.1) is 0 Å². The molecule has 4 aromatic rings. The Kier molecular flexibility index (Phi) is 6.33. The summed E-state index contributed by atoms with van der Waals surface area (Å²) >= 11 is 0. The third-order valence-corrected chi connectivity index (χ3v) is 6.78. The predicted molar refractivity (Wildman–Crippen MR) is 126 cm³/mol. The number of H-pyrrole nitrogens is 1. The fraction of sp³-hybridized carbons (Fsp3) is 0.160. The number of aliphatic hydroxyl groups excluding tert-OH is 1. The standard InChI is InChI=1S/C25H21F3N2O3S/c1-16(31)14-18-4-2-3-5-21(18)19-9-12-22-23(15-19)30-24(29-22)13-8-17-6-10-20(11-7-17)34(32,33)25(26,27)28/h2-13,15-16,31H,14H2,1H3,(H,29,30). The molecular weight excluding hydrogens is 465 g/mol. The van der Waals surface area contributed by atoms with E-state index in [1.165, 1.54) is 12.1 Å². The van der Waals surface area contributed by atoms with E-state index in [0.717, 1.165) is 39.9 Å². The fourth-order valence-electron chi connectivity index (χ4n) is 3.64. The highest BCUT2D eigenvalue weighted by atomic mass is 32.2. The van der Waals surface area contributed by atoms with Crippen LogP contribution in [0.15, 0.2) is 71.6 Å². The van der Waals surface area contributed by atoms with Gasteiger partial charge in [-0.1, -0.05) is 48.5 Å². The number of sulfone groups is 1. The third-order valence-electron chi connectivity index (χ3n) is 5.27. The Morgan fingerprint density at radius 3 is 2.41 bits per heavy atom. The number of rotatable bonds is 6. The van der Waals surface area contributed by atoms with Crippen LogP contribution in [-0.4, -0.2) is 35.1 Å². The van der Waals surface area contributed by atoms with Gasteiger partial charge in [-0.2, -0.15) is 13.2 Å². The molecule has 1 heterocycles. The van der Waals surface area contributed by atoms with Crippen molar-refractivity contribution in [3.05, 3.63) is 83.7 Å². The van der Waals surface area contributed by atoms with Crippen molar-refractivity contribution in [1.82, 2.24) is 9.97 Å². The Labute approximate surface area is 194 Å². The van der Waals surface area contributed by atoms with E-state index >= 15 is 0 Å². The monoisotopic (exact) mass is 486 g/mol. The summed E-state index contributed by atoms with van der Waals surface area (Å²) in [6.45, 7) is 1.75. The SMILES string of the molecule is CC(O)Cc1ccccc1-c1ccc2[nH]c(C=Cc3ccc(S(=O)(=O)C(F)(F)F)cc3)nc2c1.